The number of carbonyl (C=O) groups excluding carboxylic acids is 1. The third kappa shape index (κ3) is 4.72. The second-order valence-corrected chi connectivity index (χ2v) is 9.82. The highest BCUT2D eigenvalue weighted by Crippen LogP contribution is 2.29. The molecule has 0 aliphatic rings. The van der Waals surface area contributed by atoms with Crippen LogP contribution < -0.4 is 10.1 Å². The first-order valence-corrected chi connectivity index (χ1v) is 11.0. The number of carbonyl (C=O) groups is 1. The van der Waals surface area contributed by atoms with Crippen LogP contribution in [0.1, 0.15) is 6.92 Å². The van der Waals surface area contributed by atoms with Gasteiger partial charge in [0, 0.05) is 25.8 Å². The lowest BCUT2D eigenvalue weighted by molar-refractivity contribution is -0.115. The average molecular weight is 436 g/mol. The first-order valence-electron chi connectivity index (χ1n) is 8.65. The Morgan fingerprint density at radius 1 is 1.24 bits per heavy atom. The molecule has 1 atom stereocenters. The third-order valence-corrected chi connectivity index (χ3v) is 6.86. The van der Waals surface area contributed by atoms with Gasteiger partial charge in [-0.1, -0.05) is 17.8 Å². The van der Waals surface area contributed by atoms with E-state index in [0.717, 1.165) is 16.1 Å². The Morgan fingerprint density at radius 2 is 2.00 bits per heavy atom. The molecule has 1 aromatic heterocycles. The molecular formula is C19H21N3O5S2. The van der Waals surface area contributed by atoms with Gasteiger partial charge in [0.1, 0.15) is 11.3 Å². The van der Waals surface area contributed by atoms with Crippen LogP contribution in [-0.4, -0.2) is 50.1 Å². The number of thioether (sulfide) groups is 1. The third-order valence-electron chi connectivity index (χ3n) is 4.10. The first-order chi connectivity index (χ1) is 13.7. The number of hydrogen-bond acceptors (Lipinski definition) is 7. The minimum Gasteiger partial charge on any atom is -0.497 e. The number of rotatable bonds is 7. The minimum absolute atomic E-state index is 0.128. The van der Waals surface area contributed by atoms with Crippen molar-refractivity contribution in [1.82, 2.24) is 9.29 Å². The predicted molar refractivity (Wildman–Crippen MR) is 112 cm³/mol. The van der Waals surface area contributed by atoms with E-state index in [1.165, 1.54) is 26.2 Å². The molecule has 1 N–H and O–H groups in total. The molecule has 8 nitrogen and oxygen atoms in total. The smallest absolute Gasteiger partial charge is 0.257 e. The van der Waals surface area contributed by atoms with Gasteiger partial charge in [-0.2, -0.15) is 0 Å². The van der Waals surface area contributed by atoms with Gasteiger partial charge in [-0.05, 0) is 37.3 Å². The number of benzene rings is 2. The fourth-order valence-corrected chi connectivity index (χ4v) is 4.14. The minimum atomic E-state index is -3.57. The second kappa shape index (κ2) is 8.44. The van der Waals surface area contributed by atoms with Crippen LogP contribution in [0, 0.1) is 0 Å². The van der Waals surface area contributed by atoms with Crippen LogP contribution in [0.4, 0.5) is 5.69 Å². The number of aromatic nitrogens is 1. The zero-order valence-corrected chi connectivity index (χ0v) is 18.0. The molecule has 0 bridgehead atoms. The second-order valence-electron chi connectivity index (χ2n) is 6.38. The number of anilines is 1. The molecule has 0 fully saturated rings. The lowest BCUT2D eigenvalue weighted by Gasteiger charge is -2.10. The molecule has 1 unspecified atom stereocenters. The van der Waals surface area contributed by atoms with Crippen LogP contribution in [0.3, 0.4) is 0 Å². The van der Waals surface area contributed by atoms with E-state index in [4.69, 9.17) is 9.15 Å². The summed E-state index contributed by atoms with van der Waals surface area (Å²) in [5.41, 5.74) is 1.49. The first kappa shape index (κ1) is 21.2. The van der Waals surface area contributed by atoms with Crippen molar-refractivity contribution >= 4 is 44.5 Å². The van der Waals surface area contributed by atoms with Crippen molar-refractivity contribution in [2.24, 2.45) is 0 Å². The molecule has 3 aromatic rings. The molecule has 0 saturated carbocycles. The molecule has 0 radical (unpaired) electrons. The predicted octanol–water partition coefficient (Wildman–Crippen LogP) is 3.21. The number of methoxy groups -OCH3 is 1. The standard InChI is InChI=1S/C19H21N3O5S2/c1-12(18(23)20-13-6-5-7-14(10-13)26-4)28-19-21-16-11-15(8-9-17(16)27-19)29(24,25)22(2)3/h5-12H,1-4H3,(H,20,23). The van der Waals surface area contributed by atoms with E-state index in [2.05, 4.69) is 10.3 Å². The summed E-state index contributed by atoms with van der Waals surface area (Å²) in [5.74, 6) is 0.423. The maximum absolute atomic E-state index is 12.5. The quantitative estimate of drug-likeness (QED) is 0.569. The van der Waals surface area contributed by atoms with Gasteiger partial charge < -0.3 is 14.5 Å². The average Bonchev–Trinajstić information content (AvgIpc) is 3.09. The lowest BCUT2D eigenvalue weighted by atomic mass is 10.3. The van der Waals surface area contributed by atoms with E-state index >= 15 is 0 Å². The van der Waals surface area contributed by atoms with E-state index in [1.807, 2.05) is 0 Å². The van der Waals surface area contributed by atoms with Crippen LogP contribution in [0.25, 0.3) is 11.1 Å². The van der Waals surface area contributed by atoms with Gasteiger partial charge >= 0.3 is 0 Å². The number of nitrogens with one attached hydrogen (secondary N) is 1. The van der Waals surface area contributed by atoms with Crippen molar-refractivity contribution in [3.8, 4) is 5.75 Å². The van der Waals surface area contributed by atoms with Gasteiger partial charge in [-0.15, -0.1) is 0 Å². The molecule has 154 valence electrons. The molecule has 10 heteroatoms. The van der Waals surface area contributed by atoms with Crippen molar-refractivity contribution in [2.75, 3.05) is 26.5 Å². The highest BCUT2D eigenvalue weighted by atomic mass is 32.2. The monoisotopic (exact) mass is 435 g/mol. The van der Waals surface area contributed by atoms with Gasteiger partial charge in [-0.25, -0.2) is 17.7 Å². The highest BCUT2D eigenvalue weighted by Gasteiger charge is 2.21. The van der Waals surface area contributed by atoms with Crippen LogP contribution in [0.2, 0.25) is 0 Å². The van der Waals surface area contributed by atoms with Crippen molar-refractivity contribution < 1.29 is 22.4 Å². The molecule has 0 aliphatic carbocycles. The molecular weight excluding hydrogens is 414 g/mol. The van der Waals surface area contributed by atoms with Gasteiger partial charge in [-0.3, -0.25) is 4.79 Å². The van der Waals surface area contributed by atoms with E-state index in [0.29, 0.717) is 22.5 Å². The zero-order chi connectivity index (χ0) is 21.2. The Balaban J connectivity index is 1.74. The van der Waals surface area contributed by atoms with Crippen molar-refractivity contribution in [3.63, 3.8) is 0 Å². The summed E-state index contributed by atoms with van der Waals surface area (Å²) in [5, 5.41) is 2.62. The largest absolute Gasteiger partial charge is 0.497 e. The number of oxazole rings is 1. The van der Waals surface area contributed by atoms with E-state index < -0.39 is 15.3 Å². The summed E-state index contributed by atoms with van der Waals surface area (Å²) < 4.78 is 36.5. The molecule has 3 rings (SSSR count). The number of fused-ring (bicyclic) bond motifs is 1. The fraction of sp³-hybridized carbons (Fsp3) is 0.263. The molecule has 0 spiro atoms. The number of sulfonamides is 1. The Labute approximate surface area is 173 Å². The van der Waals surface area contributed by atoms with Crippen LogP contribution in [-0.2, 0) is 14.8 Å². The molecule has 1 amide bonds. The molecule has 0 saturated heterocycles. The van der Waals surface area contributed by atoms with Crippen molar-refractivity contribution in [1.29, 1.82) is 0 Å². The topological polar surface area (TPSA) is 102 Å². The summed E-state index contributed by atoms with van der Waals surface area (Å²) in [6.45, 7) is 1.73. The summed E-state index contributed by atoms with van der Waals surface area (Å²) in [7, 11) is 0.921. The van der Waals surface area contributed by atoms with Crippen LogP contribution >= 0.6 is 11.8 Å². The van der Waals surface area contributed by atoms with E-state index in [-0.39, 0.29) is 16.0 Å². The summed E-state index contributed by atoms with van der Waals surface area (Å²) >= 11 is 1.15. The molecule has 29 heavy (non-hydrogen) atoms. The van der Waals surface area contributed by atoms with Gasteiger partial charge in [0.15, 0.2) is 5.58 Å². The zero-order valence-electron chi connectivity index (χ0n) is 16.4. The maximum Gasteiger partial charge on any atom is 0.257 e. The maximum atomic E-state index is 12.5. The van der Waals surface area contributed by atoms with Crippen LogP contribution in [0.15, 0.2) is 57.0 Å². The Hall–Kier alpha value is -2.56. The Bertz CT molecular complexity index is 1140. The molecule has 2 aromatic carbocycles. The highest BCUT2D eigenvalue weighted by molar-refractivity contribution is 8.00. The normalized spacial score (nSPS) is 12.9. The van der Waals surface area contributed by atoms with Gasteiger partial charge in [0.25, 0.3) is 5.22 Å². The Morgan fingerprint density at radius 3 is 2.69 bits per heavy atom. The number of hydrogen-bond donors (Lipinski definition) is 1. The van der Waals surface area contributed by atoms with E-state index in [9.17, 15) is 13.2 Å². The number of amides is 1. The summed E-state index contributed by atoms with van der Waals surface area (Å²) in [6, 6.07) is 11.5. The SMILES string of the molecule is COc1cccc(NC(=O)C(C)Sc2nc3cc(S(=O)(=O)N(C)C)ccc3o2)c1. The van der Waals surface area contributed by atoms with Crippen LogP contribution in [0.5, 0.6) is 5.75 Å². The van der Waals surface area contributed by atoms with Crippen molar-refractivity contribution in [3.05, 3.63) is 42.5 Å². The molecule has 0 aliphatic heterocycles. The number of nitrogens with zero attached hydrogens (tertiary/aromatic N) is 2. The summed E-state index contributed by atoms with van der Waals surface area (Å²) in [4.78, 5) is 16.9. The van der Waals surface area contributed by atoms with Gasteiger partial charge in [0.2, 0.25) is 15.9 Å². The Kier molecular flexibility index (Phi) is 6.15. The molecule has 1 heterocycles. The van der Waals surface area contributed by atoms with Gasteiger partial charge in [0.05, 0.1) is 17.3 Å². The van der Waals surface area contributed by atoms with Crippen molar-refractivity contribution in [2.45, 2.75) is 22.3 Å². The fourth-order valence-electron chi connectivity index (χ4n) is 2.46. The van der Waals surface area contributed by atoms with E-state index in [1.54, 1.807) is 44.4 Å². The lowest BCUT2D eigenvalue weighted by Crippen LogP contribution is -2.22. The summed E-state index contributed by atoms with van der Waals surface area (Å²) in [6.07, 6.45) is 0. The number of ether oxygens (including phenoxy) is 1.